The molecule has 3 rings (SSSR count). The molecule has 6 heteroatoms. The van der Waals surface area contributed by atoms with Crippen LogP contribution in [0.2, 0.25) is 0 Å². The fourth-order valence-electron chi connectivity index (χ4n) is 2.53. The van der Waals surface area contributed by atoms with Crippen molar-refractivity contribution in [1.82, 2.24) is 20.5 Å². The first kappa shape index (κ1) is 18.5. The molecule has 0 radical (unpaired) electrons. The Kier molecular flexibility index (Phi) is 5.78. The van der Waals surface area contributed by atoms with E-state index in [1.165, 1.54) is 11.3 Å². The van der Waals surface area contributed by atoms with Crippen molar-refractivity contribution >= 4 is 22.8 Å². The second-order valence-electron chi connectivity index (χ2n) is 5.94. The number of nitrogens with zero attached hydrogens (tertiary/aromatic N) is 2. The first-order valence-electron chi connectivity index (χ1n) is 8.42. The lowest BCUT2D eigenvalue weighted by molar-refractivity contribution is 0.0967. The Labute approximate surface area is 162 Å². The topological polar surface area (TPSA) is 70.7 Å². The first-order valence-corrected chi connectivity index (χ1v) is 9.30. The number of carbonyl (C=O) groups is 1. The Hall–Kier alpha value is -3.25. The summed E-state index contributed by atoms with van der Waals surface area (Å²) in [7, 11) is 0. The molecule has 0 spiro atoms. The number of allylic oxidation sites excluding steroid dienone is 4. The standard InChI is InChI=1S/C21H20N4OS/c1-4-5-9-18(15(3)19-12-14(2)24-25-19)23-20(26)16-7-6-8-17(13-16)21-22-10-11-27-21/h4-13H,1H2,2-3H3,(H,23,26)(H,24,25)/b9-5-,18-15-. The zero-order chi connectivity index (χ0) is 19.2. The number of rotatable bonds is 6. The molecule has 0 fully saturated rings. The van der Waals surface area contributed by atoms with Crippen LogP contribution in [0.15, 0.2) is 72.4 Å². The quantitative estimate of drug-likeness (QED) is 0.610. The predicted octanol–water partition coefficient (Wildman–Crippen LogP) is 4.74. The van der Waals surface area contributed by atoms with Crippen LogP contribution in [0, 0.1) is 6.92 Å². The van der Waals surface area contributed by atoms with Crippen LogP contribution in [0.1, 0.15) is 28.7 Å². The Balaban J connectivity index is 1.90. The molecule has 27 heavy (non-hydrogen) atoms. The lowest BCUT2D eigenvalue weighted by Crippen LogP contribution is -2.22. The molecular weight excluding hydrogens is 356 g/mol. The number of aryl methyl sites for hydroxylation is 1. The van der Waals surface area contributed by atoms with E-state index < -0.39 is 0 Å². The van der Waals surface area contributed by atoms with Crippen LogP contribution < -0.4 is 5.32 Å². The van der Waals surface area contributed by atoms with Gasteiger partial charge in [-0.25, -0.2) is 4.98 Å². The van der Waals surface area contributed by atoms with Crippen molar-refractivity contribution in [2.45, 2.75) is 13.8 Å². The van der Waals surface area contributed by atoms with Crippen LogP contribution in [-0.4, -0.2) is 21.1 Å². The van der Waals surface area contributed by atoms with Gasteiger partial charge in [0, 0.05) is 39.7 Å². The second-order valence-corrected chi connectivity index (χ2v) is 6.84. The highest BCUT2D eigenvalue weighted by Crippen LogP contribution is 2.23. The van der Waals surface area contributed by atoms with Crippen LogP contribution in [0.4, 0.5) is 0 Å². The van der Waals surface area contributed by atoms with Crippen LogP contribution in [0.5, 0.6) is 0 Å². The van der Waals surface area contributed by atoms with Crippen molar-refractivity contribution in [3.63, 3.8) is 0 Å². The van der Waals surface area contributed by atoms with E-state index in [1.54, 1.807) is 24.4 Å². The van der Waals surface area contributed by atoms with Crippen molar-refractivity contribution in [2.24, 2.45) is 0 Å². The minimum atomic E-state index is -0.191. The maximum absolute atomic E-state index is 12.8. The summed E-state index contributed by atoms with van der Waals surface area (Å²) in [5.74, 6) is -0.191. The van der Waals surface area contributed by atoms with E-state index in [0.717, 1.165) is 27.5 Å². The number of hydrogen-bond donors (Lipinski definition) is 2. The van der Waals surface area contributed by atoms with Crippen molar-refractivity contribution < 1.29 is 4.79 Å². The van der Waals surface area contributed by atoms with Gasteiger partial charge < -0.3 is 5.32 Å². The van der Waals surface area contributed by atoms with E-state index in [0.29, 0.717) is 11.3 Å². The molecular formula is C21H20N4OS. The van der Waals surface area contributed by atoms with Crippen molar-refractivity contribution in [2.75, 3.05) is 0 Å². The molecule has 136 valence electrons. The van der Waals surface area contributed by atoms with E-state index in [4.69, 9.17) is 0 Å². The van der Waals surface area contributed by atoms with Gasteiger partial charge in [-0.3, -0.25) is 9.89 Å². The highest BCUT2D eigenvalue weighted by Gasteiger charge is 2.12. The molecule has 0 unspecified atom stereocenters. The summed E-state index contributed by atoms with van der Waals surface area (Å²) in [6, 6.07) is 9.37. The largest absolute Gasteiger partial charge is 0.322 e. The lowest BCUT2D eigenvalue weighted by atomic mass is 10.1. The summed E-state index contributed by atoms with van der Waals surface area (Å²) in [5.41, 5.74) is 4.77. The summed E-state index contributed by atoms with van der Waals surface area (Å²) >= 11 is 1.54. The Bertz CT molecular complexity index is 1010. The summed E-state index contributed by atoms with van der Waals surface area (Å²) in [5, 5.41) is 13.0. The zero-order valence-electron chi connectivity index (χ0n) is 15.2. The molecule has 2 N–H and O–H groups in total. The van der Waals surface area contributed by atoms with E-state index in [-0.39, 0.29) is 5.91 Å². The third-order valence-corrected chi connectivity index (χ3v) is 4.77. The third kappa shape index (κ3) is 4.48. The number of aromatic nitrogens is 3. The van der Waals surface area contributed by atoms with Crippen LogP contribution in [0.25, 0.3) is 16.1 Å². The normalized spacial score (nSPS) is 12.1. The van der Waals surface area contributed by atoms with Gasteiger partial charge >= 0.3 is 0 Å². The van der Waals surface area contributed by atoms with Gasteiger partial charge in [-0.05, 0) is 38.1 Å². The van der Waals surface area contributed by atoms with E-state index >= 15 is 0 Å². The van der Waals surface area contributed by atoms with Gasteiger partial charge in [-0.2, -0.15) is 5.10 Å². The Morgan fingerprint density at radius 2 is 2.19 bits per heavy atom. The highest BCUT2D eigenvalue weighted by atomic mass is 32.1. The smallest absolute Gasteiger partial charge is 0.255 e. The first-order chi connectivity index (χ1) is 13.1. The van der Waals surface area contributed by atoms with Crippen LogP contribution in [0.3, 0.4) is 0 Å². The number of aromatic amines is 1. The van der Waals surface area contributed by atoms with Gasteiger partial charge in [0.25, 0.3) is 5.91 Å². The van der Waals surface area contributed by atoms with Gasteiger partial charge in [0.05, 0.1) is 5.69 Å². The fraction of sp³-hybridized carbons (Fsp3) is 0.0952. The number of nitrogens with one attached hydrogen (secondary N) is 2. The van der Waals surface area contributed by atoms with Crippen molar-refractivity contribution in [3.05, 3.63) is 89.4 Å². The molecule has 5 nitrogen and oxygen atoms in total. The summed E-state index contributed by atoms with van der Waals surface area (Å²) in [4.78, 5) is 17.1. The maximum atomic E-state index is 12.8. The van der Waals surface area contributed by atoms with Crippen molar-refractivity contribution in [3.8, 4) is 10.6 Å². The molecule has 2 heterocycles. The van der Waals surface area contributed by atoms with E-state index in [9.17, 15) is 4.79 Å². The highest BCUT2D eigenvalue weighted by molar-refractivity contribution is 7.13. The number of H-pyrrole nitrogens is 1. The molecule has 1 amide bonds. The molecule has 0 aliphatic heterocycles. The second kappa shape index (κ2) is 8.42. The number of carbonyl (C=O) groups excluding carboxylic acids is 1. The van der Waals surface area contributed by atoms with E-state index in [1.807, 2.05) is 49.6 Å². The third-order valence-electron chi connectivity index (χ3n) is 3.95. The molecule has 0 saturated heterocycles. The van der Waals surface area contributed by atoms with Gasteiger partial charge in [0.2, 0.25) is 0 Å². The minimum Gasteiger partial charge on any atom is -0.322 e. The monoisotopic (exact) mass is 376 g/mol. The van der Waals surface area contributed by atoms with Gasteiger partial charge in [0.15, 0.2) is 0 Å². The van der Waals surface area contributed by atoms with Crippen LogP contribution in [-0.2, 0) is 0 Å². The predicted molar refractivity (Wildman–Crippen MR) is 110 cm³/mol. The van der Waals surface area contributed by atoms with Crippen molar-refractivity contribution in [1.29, 1.82) is 0 Å². The van der Waals surface area contributed by atoms with Gasteiger partial charge in [-0.1, -0.05) is 30.9 Å². The Morgan fingerprint density at radius 1 is 1.33 bits per heavy atom. The average molecular weight is 376 g/mol. The average Bonchev–Trinajstić information content (AvgIpc) is 3.36. The fourth-order valence-corrected chi connectivity index (χ4v) is 3.16. The number of thiazole rings is 1. The minimum absolute atomic E-state index is 0.191. The molecule has 0 saturated carbocycles. The zero-order valence-corrected chi connectivity index (χ0v) is 16.0. The van der Waals surface area contributed by atoms with Crippen LogP contribution >= 0.6 is 11.3 Å². The molecule has 1 aromatic carbocycles. The maximum Gasteiger partial charge on any atom is 0.255 e. The molecule has 0 aliphatic carbocycles. The molecule has 0 aliphatic rings. The molecule has 0 bridgehead atoms. The van der Waals surface area contributed by atoms with Gasteiger partial charge in [-0.15, -0.1) is 11.3 Å². The van der Waals surface area contributed by atoms with E-state index in [2.05, 4.69) is 27.1 Å². The summed E-state index contributed by atoms with van der Waals surface area (Å²) < 4.78 is 0. The Morgan fingerprint density at radius 3 is 2.85 bits per heavy atom. The number of hydrogen-bond acceptors (Lipinski definition) is 4. The van der Waals surface area contributed by atoms with Gasteiger partial charge in [0.1, 0.15) is 5.01 Å². The lowest BCUT2D eigenvalue weighted by Gasteiger charge is -2.10. The molecule has 3 aromatic rings. The number of amides is 1. The molecule has 0 atom stereocenters. The number of benzene rings is 1. The summed E-state index contributed by atoms with van der Waals surface area (Å²) in [6.45, 7) is 7.55. The SMILES string of the molecule is C=C/C=C\C(NC(=O)c1cccc(-c2nccs2)c1)=C(/C)c1cc(C)[nH]n1. The summed E-state index contributed by atoms with van der Waals surface area (Å²) in [6.07, 6.45) is 7.01. The molecule has 2 aromatic heterocycles.